The van der Waals surface area contributed by atoms with Gasteiger partial charge in [-0.25, -0.2) is 0 Å². The molecule has 2 aromatic carbocycles. The lowest BCUT2D eigenvalue weighted by atomic mass is 10.1. The molecular formula is C10H7O6S2. The summed E-state index contributed by atoms with van der Waals surface area (Å²) in [6.45, 7) is 0. The maximum Gasteiger partial charge on any atom is 0.295 e. The van der Waals surface area contributed by atoms with Crippen LogP contribution in [-0.2, 0) is 20.2 Å². The van der Waals surface area contributed by atoms with Crippen LogP contribution in [0.3, 0.4) is 0 Å². The normalized spacial score (nSPS) is 12.8. The van der Waals surface area contributed by atoms with Gasteiger partial charge in [0, 0.05) is 5.39 Å². The van der Waals surface area contributed by atoms with E-state index in [0.29, 0.717) is 6.07 Å². The average molecular weight is 287 g/mol. The second-order valence-electron chi connectivity index (χ2n) is 3.51. The molecule has 0 atom stereocenters. The summed E-state index contributed by atoms with van der Waals surface area (Å²) < 4.78 is 62.4. The van der Waals surface area contributed by atoms with Gasteiger partial charge in [0.05, 0.1) is 4.90 Å². The fraction of sp³-hybridized carbons (Fsp3) is 0. The van der Waals surface area contributed by atoms with E-state index in [4.69, 9.17) is 9.11 Å². The third kappa shape index (κ3) is 2.36. The topological polar surface area (TPSA) is 109 Å². The van der Waals surface area contributed by atoms with E-state index in [9.17, 15) is 16.8 Å². The maximum absolute atomic E-state index is 11.2. The van der Waals surface area contributed by atoms with Crippen molar-refractivity contribution in [1.82, 2.24) is 0 Å². The second kappa shape index (κ2) is 4.02. The molecule has 0 bridgehead atoms. The Labute approximate surface area is 103 Å². The van der Waals surface area contributed by atoms with Crippen molar-refractivity contribution in [2.45, 2.75) is 9.79 Å². The molecule has 0 heterocycles. The first kappa shape index (κ1) is 13.0. The standard InChI is InChI=1S/C10H7O6S2/c11-17(12,13)8-5-7-3-1-2-4-9(7)10(6-8)18(14,15)16/h1-3,5-6H,(H,11,12,13)(H,14,15,16). The Morgan fingerprint density at radius 1 is 1.00 bits per heavy atom. The van der Waals surface area contributed by atoms with Gasteiger partial charge in [0.1, 0.15) is 4.90 Å². The van der Waals surface area contributed by atoms with Crippen molar-refractivity contribution >= 4 is 31.0 Å². The van der Waals surface area contributed by atoms with Crippen LogP contribution in [0.5, 0.6) is 0 Å². The van der Waals surface area contributed by atoms with E-state index >= 15 is 0 Å². The molecule has 0 aliphatic carbocycles. The minimum Gasteiger partial charge on any atom is -0.282 e. The highest BCUT2D eigenvalue weighted by atomic mass is 32.2. The molecule has 0 aliphatic rings. The zero-order valence-corrected chi connectivity index (χ0v) is 10.4. The van der Waals surface area contributed by atoms with Crippen molar-refractivity contribution in [3.8, 4) is 0 Å². The molecule has 0 aromatic heterocycles. The highest BCUT2D eigenvalue weighted by Gasteiger charge is 2.19. The largest absolute Gasteiger partial charge is 0.295 e. The lowest BCUT2D eigenvalue weighted by Gasteiger charge is -2.06. The van der Waals surface area contributed by atoms with E-state index in [1.807, 2.05) is 0 Å². The van der Waals surface area contributed by atoms with Crippen LogP contribution >= 0.6 is 0 Å². The van der Waals surface area contributed by atoms with E-state index in [0.717, 1.165) is 6.07 Å². The van der Waals surface area contributed by atoms with Crippen LogP contribution in [0.4, 0.5) is 0 Å². The molecular weight excluding hydrogens is 280 g/mol. The first-order chi connectivity index (χ1) is 8.19. The third-order valence-corrected chi connectivity index (χ3v) is 3.99. The molecule has 0 spiro atoms. The summed E-state index contributed by atoms with van der Waals surface area (Å²) in [4.78, 5) is -1.23. The molecule has 0 amide bonds. The third-order valence-electron chi connectivity index (χ3n) is 2.28. The van der Waals surface area contributed by atoms with E-state index < -0.39 is 30.0 Å². The molecule has 2 N–H and O–H groups in total. The minimum atomic E-state index is -4.62. The Kier molecular flexibility index (Phi) is 2.90. The lowest BCUT2D eigenvalue weighted by molar-refractivity contribution is 0.482. The van der Waals surface area contributed by atoms with Crippen molar-refractivity contribution in [2.75, 3.05) is 0 Å². The van der Waals surface area contributed by atoms with Gasteiger partial charge in [0.25, 0.3) is 20.2 Å². The summed E-state index contributed by atoms with van der Waals surface area (Å²) in [6.07, 6.45) is 0. The Balaban J connectivity index is 3.00. The Bertz CT molecular complexity index is 821. The smallest absolute Gasteiger partial charge is 0.282 e. The molecule has 6 nitrogen and oxygen atoms in total. The molecule has 0 fully saturated rings. The Morgan fingerprint density at radius 2 is 1.67 bits per heavy atom. The van der Waals surface area contributed by atoms with Gasteiger partial charge in [-0.3, -0.25) is 9.11 Å². The number of fused-ring (bicyclic) bond motifs is 1. The molecule has 2 aromatic rings. The molecule has 0 saturated carbocycles. The highest BCUT2D eigenvalue weighted by molar-refractivity contribution is 7.86. The van der Waals surface area contributed by atoms with Crippen molar-refractivity contribution in [3.05, 3.63) is 36.4 Å². The fourth-order valence-corrected chi connectivity index (χ4v) is 2.86. The van der Waals surface area contributed by atoms with Crippen LogP contribution in [0.2, 0.25) is 0 Å². The number of hydrogen-bond donors (Lipinski definition) is 2. The van der Waals surface area contributed by atoms with Gasteiger partial charge in [-0.05, 0) is 23.6 Å². The molecule has 1 radical (unpaired) electrons. The number of hydrogen-bond acceptors (Lipinski definition) is 4. The van der Waals surface area contributed by atoms with E-state index in [-0.39, 0.29) is 10.8 Å². The predicted octanol–water partition coefficient (Wildman–Crippen LogP) is 1.13. The minimum absolute atomic E-state index is 0.0485. The number of benzene rings is 2. The molecule has 18 heavy (non-hydrogen) atoms. The first-order valence-corrected chi connectivity index (χ1v) is 7.47. The zero-order chi connectivity index (χ0) is 13.6. The quantitative estimate of drug-likeness (QED) is 0.801. The number of rotatable bonds is 2. The summed E-state index contributed by atoms with van der Waals surface area (Å²) in [6, 6.07) is 8.74. The van der Waals surface area contributed by atoms with Crippen LogP contribution in [0, 0.1) is 6.07 Å². The van der Waals surface area contributed by atoms with Crippen molar-refractivity contribution in [1.29, 1.82) is 0 Å². The Hall–Kier alpha value is -1.48. The fourth-order valence-electron chi connectivity index (χ4n) is 1.53. The second-order valence-corrected chi connectivity index (χ2v) is 6.32. The molecule has 8 heteroatoms. The van der Waals surface area contributed by atoms with Gasteiger partial charge in [-0.2, -0.15) is 16.8 Å². The SMILES string of the molecule is O=S(=O)(O)c1cc(S(=O)(=O)O)c2[c]cccc2c1. The van der Waals surface area contributed by atoms with Crippen LogP contribution < -0.4 is 0 Å². The molecule has 2 rings (SSSR count). The monoisotopic (exact) mass is 287 g/mol. The molecule has 95 valence electrons. The average Bonchev–Trinajstić information content (AvgIpc) is 2.25. The van der Waals surface area contributed by atoms with Gasteiger partial charge in [-0.1, -0.05) is 18.2 Å². The van der Waals surface area contributed by atoms with Crippen molar-refractivity contribution in [3.63, 3.8) is 0 Å². The van der Waals surface area contributed by atoms with Gasteiger partial charge < -0.3 is 0 Å². The van der Waals surface area contributed by atoms with Gasteiger partial charge in [0.15, 0.2) is 0 Å². The molecule has 0 saturated heterocycles. The lowest BCUT2D eigenvalue weighted by Crippen LogP contribution is -2.04. The Morgan fingerprint density at radius 3 is 2.22 bits per heavy atom. The summed E-state index contributed by atoms with van der Waals surface area (Å²) in [7, 11) is -9.19. The van der Waals surface area contributed by atoms with Gasteiger partial charge in [0.2, 0.25) is 0 Å². The molecule has 0 unspecified atom stereocenters. The summed E-state index contributed by atoms with van der Waals surface area (Å²) >= 11 is 0. The van der Waals surface area contributed by atoms with Crippen molar-refractivity contribution in [2.24, 2.45) is 0 Å². The maximum atomic E-state index is 11.2. The van der Waals surface area contributed by atoms with Crippen LogP contribution in [-0.4, -0.2) is 25.9 Å². The first-order valence-electron chi connectivity index (χ1n) is 4.59. The molecule has 0 aliphatic heterocycles. The zero-order valence-electron chi connectivity index (χ0n) is 8.73. The summed E-state index contributed by atoms with van der Waals surface area (Å²) in [5.74, 6) is 0. The van der Waals surface area contributed by atoms with Crippen LogP contribution in [0.1, 0.15) is 0 Å². The predicted molar refractivity (Wildman–Crippen MR) is 62.4 cm³/mol. The van der Waals surface area contributed by atoms with E-state index in [2.05, 4.69) is 6.07 Å². The highest BCUT2D eigenvalue weighted by Crippen LogP contribution is 2.26. The van der Waals surface area contributed by atoms with Gasteiger partial charge >= 0.3 is 0 Å². The van der Waals surface area contributed by atoms with Gasteiger partial charge in [-0.15, -0.1) is 0 Å². The van der Waals surface area contributed by atoms with E-state index in [1.165, 1.54) is 18.2 Å². The van der Waals surface area contributed by atoms with Crippen molar-refractivity contribution < 1.29 is 25.9 Å². The summed E-state index contributed by atoms with van der Waals surface area (Å²) in [5, 5.41) is 0.271. The summed E-state index contributed by atoms with van der Waals surface area (Å²) in [5.41, 5.74) is 0. The van der Waals surface area contributed by atoms with Crippen LogP contribution in [0.15, 0.2) is 40.1 Å². The van der Waals surface area contributed by atoms with Crippen LogP contribution in [0.25, 0.3) is 10.8 Å². The van der Waals surface area contributed by atoms with E-state index in [1.54, 1.807) is 0 Å².